The number of hydrogen-bond acceptors (Lipinski definition) is 5. The molecule has 2 aromatic rings. The van der Waals surface area contributed by atoms with E-state index in [1.165, 1.54) is 9.87 Å². The molecule has 3 atom stereocenters. The molecule has 0 bridgehead atoms. The molecule has 1 saturated heterocycles. The van der Waals surface area contributed by atoms with Gasteiger partial charge in [-0.1, -0.05) is 42.0 Å². The first-order valence-electron chi connectivity index (χ1n) is 11.2. The summed E-state index contributed by atoms with van der Waals surface area (Å²) in [7, 11) is -3.81. The second-order valence-electron chi connectivity index (χ2n) is 8.93. The van der Waals surface area contributed by atoms with E-state index in [9.17, 15) is 13.2 Å². The summed E-state index contributed by atoms with van der Waals surface area (Å²) in [4.78, 5) is 13.1. The van der Waals surface area contributed by atoms with Crippen LogP contribution in [0.5, 0.6) is 0 Å². The second kappa shape index (κ2) is 9.21. The molecule has 3 N–H and O–H groups in total. The van der Waals surface area contributed by atoms with Crippen LogP contribution < -0.4 is 20.5 Å². The van der Waals surface area contributed by atoms with E-state index in [1.54, 1.807) is 12.1 Å². The number of hydrogen-bond donors (Lipinski definition) is 3. The Morgan fingerprint density at radius 1 is 1.06 bits per heavy atom. The summed E-state index contributed by atoms with van der Waals surface area (Å²) in [5.74, 6) is -0.296. The first-order valence-corrected chi connectivity index (χ1v) is 12.7. The van der Waals surface area contributed by atoms with Gasteiger partial charge in [0.05, 0.1) is 11.7 Å². The Morgan fingerprint density at radius 3 is 2.41 bits per heavy atom. The normalized spacial score (nSPS) is 25.2. The fourth-order valence-electron chi connectivity index (χ4n) is 4.84. The molecule has 4 rings (SSSR count). The SMILES string of the molecule is Cc1ccc(N(CC(=O)NC2CCCc3ccccc32)S(=O)(=O)C2C(C)NNC2C)cc1. The van der Waals surface area contributed by atoms with Crippen LogP contribution in [-0.4, -0.2) is 38.2 Å². The molecule has 172 valence electrons. The van der Waals surface area contributed by atoms with Crippen molar-refractivity contribution in [2.24, 2.45) is 0 Å². The van der Waals surface area contributed by atoms with Gasteiger partial charge in [0.15, 0.2) is 0 Å². The summed E-state index contributed by atoms with van der Waals surface area (Å²) in [5.41, 5.74) is 9.93. The van der Waals surface area contributed by atoms with Gasteiger partial charge in [0.1, 0.15) is 11.8 Å². The van der Waals surface area contributed by atoms with E-state index in [0.717, 1.165) is 30.4 Å². The van der Waals surface area contributed by atoms with Crippen LogP contribution in [0.15, 0.2) is 48.5 Å². The van der Waals surface area contributed by atoms with Gasteiger partial charge in [-0.05, 0) is 63.3 Å². The number of carbonyl (C=O) groups is 1. The van der Waals surface area contributed by atoms with E-state index < -0.39 is 15.3 Å². The molecule has 0 aromatic heterocycles. The number of anilines is 1. The number of sulfonamides is 1. The van der Waals surface area contributed by atoms with Crippen LogP contribution in [0.1, 0.15) is 49.4 Å². The summed E-state index contributed by atoms with van der Waals surface area (Å²) in [6.07, 6.45) is 2.85. The van der Waals surface area contributed by atoms with E-state index in [-0.39, 0.29) is 30.6 Å². The molecule has 32 heavy (non-hydrogen) atoms. The van der Waals surface area contributed by atoms with Crippen molar-refractivity contribution in [2.45, 2.75) is 63.4 Å². The number of nitrogens with one attached hydrogen (secondary N) is 3. The van der Waals surface area contributed by atoms with Gasteiger partial charge in [0, 0.05) is 12.1 Å². The summed E-state index contributed by atoms with van der Waals surface area (Å²) >= 11 is 0. The Morgan fingerprint density at radius 2 is 1.72 bits per heavy atom. The van der Waals surface area contributed by atoms with Crippen LogP contribution in [-0.2, 0) is 21.2 Å². The molecule has 0 spiro atoms. The minimum Gasteiger partial charge on any atom is -0.348 e. The van der Waals surface area contributed by atoms with Crippen molar-refractivity contribution in [3.05, 3.63) is 65.2 Å². The maximum Gasteiger partial charge on any atom is 0.241 e. The predicted octanol–water partition coefficient (Wildman–Crippen LogP) is 2.58. The number of rotatable bonds is 6. The van der Waals surface area contributed by atoms with Crippen LogP contribution in [0.2, 0.25) is 0 Å². The van der Waals surface area contributed by atoms with Crippen LogP contribution in [0, 0.1) is 6.92 Å². The standard InChI is InChI=1S/C24H32N4O3S/c1-16-11-13-20(14-12-16)28(32(30,31)24-17(2)26-27-18(24)3)15-23(29)25-22-10-6-8-19-7-4-5-9-21(19)22/h4-5,7,9,11-14,17-18,22,24,26-27H,6,8,10,15H2,1-3H3,(H,25,29). The highest BCUT2D eigenvalue weighted by molar-refractivity contribution is 7.93. The zero-order valence-corrected chi connectivity index (χ0v) is 19.7. The van der Waals surface area contributed by atoms with Gasteiger partial charge in [0.2, 0.25) is 15.9 Å². The summed E-state index contributed by atoms with van der Waals surface area (Å²) in [5, 5.41) is 2.41. The Balaban J connectivity index is 1.60. The lowest BCUT2D eigenvalue weighted by Crippen LogP contribution is -2.50. The lowest BCUT2D eigenvalue weighted by atomic mass is 9.88. The lowest BCUT2D eigenvalue weighted by Gasteiger charge is -2.31. The average Bonchev–Trinajstić information content (AvgIpc) is 3.12. The number of carbonyl (C=O) groups excluding carboxylic acids is 1. The predicted molar refractivity (Wildman–Crippen MR) is 127 cm³/mol. The van der Waals surface area contributed by atoms with Crippen molar-refractivity contribution >= 4 is 21.6 Å². The molecule has 1 aliphatic heterocycles. The first kappa shape index (κ1) is 22.8. The third-order valence-corrected chi connectivity index (χ3v) is 8.95. The molecule has 1 fully saturated rings. The zero-order chi connectivity index (χ0) is 22.9. The topological polar surface area (TPSA) is 90.5 Å². The summed E-state index contributed by atoms with van der Waals surface area (Å²) < 4.78 is 28.7. The zero-order valence-electron chi connectivity index (χ0n) is 18.8. The minimum absolute atomic E-state index is 0.0947. The Kier molecular flexibility index (Phi) is 6.55. The maximum absolute atomic E-state index is 13.7. The maximum atomic E-state index is 13.7. The number of aryl methyl sites for hydroxylation is 2. The third kappa shape index (κ3) is 4.53. The molecule has 3 unspecified atom stereocenters. The molecule has 0 radical (unpaired) electrons. The van der Waals surface area contributed by atoms with Crippen molar-refractivity contribution < 1.29 is 13.2 Å². The molecular formula is C24H32N4O3S. The number of benzene rings is 2. The van der Waals surface area contributed by atoms with E-state index in [4.69, 9.17) is 0 Å². The van der Waals surface area contributed by atoms with E-state index in [1.807, 2.05) is 51.1 Å². The molecule has 2 aliphatic rings. The van der Waals surface area contributed by atoms with E-state index >= 15 is 0 Å². The average molecular weight is 457 g/mol. The molecule has 7 nitrogen and oxygen atoms in total. The highest BCUT2D eigenvalue weighted by Gasteiger charge is 2.44. The Hall–Kier alpha value is -2.42. The molecule has 1 aliphatic carbocycles. The van der Waals surface area contributed by atoms with Crippen LogP contribution in [0.25, 0.3) is 0 Å². The van der Waals surface area contributed by atoms with Gasteiger partial charge in [-0.25, -0.2) is 8.42 Å². The smallest absolute Gasteiger partial charge is 0.241 e. The molecule has 1 heterocycles. The third-order valence-electron chi connectivity index (χ3n) is 6.49. The highest BCUT2D eigenvalue weighted by Crippen LogP contribution is 2.30. The molecule has 1 amide bonds. The first-order chi connectivity index (χ1) is 15.3. The van der Waals surface area contributed by atoms with Crippen LogP contribution >= 0.6 is 0 Å². The van der Waals surface area contributed by atoms with E-state index in [0.29, 0.717) is 5.69 Å². The quantitative estimate of drug-likeness (QED) is 0.622. The fourth-order valence-corrected chi connectivity index (χ4v) is 7.01. The number of fused-ring (bicyclic) bond motifs is 1. The monoisotopic (exact) mass is 456 g/mol. The van der Waals surface area contributed by atoms with Gasteiger partial charge in [-0.2, -0.15) is 0 Å². The van der Waals surface area contributed by atoms with Crippen molar-refractivity contribution in [1.29, 1.82) is 0 Å². The number of nitrogens with zero attached hydrogens (tertiary/aromatic N) is 1. The molecular weight excluding hydrogens is 424 g/mol. The summed E-state index contributed by atoms with van der Waals surface area (Å²) in [6, 6.07) is 14.7. The number of hydrazine groups is 1. The fraction of sp³-hybridized carbons (Fsp3) is 0.458. The highest BCUT2D eigenvalue weighted by atomic mass is 32.2. The van der Waals surface area contributed by atoms with Crippen LogP contribution in [0.3, 0.4) is 0 Å². The van der Waals surface area contributed by atoms with Crippen molar-refractivity contribution in [3.8, 4) is 0 Å². The molecule has 2 aromatic carbocycles. The number of amides is 1. The van der Waals surface area contributed by atoms with Crippen molar-refractivity contribution in [3.63, 3.8) is 0 Å². The largest absolute Gasteiger partial charge is 0.348 e. The van der Waals surface area contributed by atoms with Gasteiger partial charge in [-0.15, -0.1) is 0 Å². The van der Waals surface area contributed by atoms with E-state index in [2.05, 4.69) is 22.2 Å². The van der Waals surface area contributed by atoms with Crippen LogP contribution in [0.4, 0.5) is 5.69 Å². The van der Waals surface area contributed by atoms with Crippen molar-refractivity contribution in [2.75, 3.05) is 10.8 Å². The Bertz CT molecular complexity index is 1060. The van der Waals surface area contributed by atoms with Gasteiger partial charge in [0.25, 0.3) is 0 Å². The minimum atomic E-state index is -3.81. The van der Waals surface area contributed by atoms with Gasteiger partial charge in [-0.3, -0.25) is 20.0 Å². The summed E-state index contributed by atoms with van der Waals surface area (Å²) in [6.45, 7) is 5.38. The van der Waals surface area contributed by atoms with Gasteiger partial charge >= 0.3 is 0 Å². The van der Waals surface area contributed by atoms with Gasteiger partial charge < -0.3 is 5.32 Å². The lowest BCUT2D eigenvalue weighted by molar-refractivity contribution is -0.120. The Labute approximate surface area is 190 Å². The van der Waals surface area contributed by atoms with Crippen molar-refractivity contribution in [1.82, 2.24) is 16.2 Å². The molecule has 8 heteroatoms. The second-order valence-corrected chi connectivity index (χ2v) is 10.9. The molecule has 0 saturated carbocycles.